The molecule has 0 heterocycles. The van der Waals surface area contributed by atoms with Crippen LogP contribution in [-0.4, -0.2) is 19.1 Å². The molecule has 0 atom stereocenters. The molecule has 5 heteroatoms. The quantitative estimate of drug-likeness (QED) is 0.875. The molecule has 1 aromatic rings. The van der Waals surface area contributed by atoms with E-state index in [1.807, 2.05) is 6.07 Å². The Bertz CT molecular complexity index is 426. The van der Waals surface area contributed by atoms with Gasteiger partial charge in [0.15, 0.2) is 0 Å². The summed E-state index contributed by atoms with van der Waals surface area (Å²) in [5, 5.41) is 11.7. The molecule has 1 rings (SSSR count). The summed E-state index contributed by atoms with van der Waals surface area (Å²) in [5.41, 5.74) is 0.863. The molecule has 0 bridgehead atoms. The number of carbonyl (C=O) groups is 1. The number of hydrogen-bond acceptors (Lipinski definition) is 3. The molecule has 1 amide bonds. The monoisotopic (exact) mass is 238 g/mol. The van der Waals surface area contributed by atoms with Gasteiger partial charge in [-0.1, -0.05) is 11.6 Å². The second kappa shape index (κ2) is 6.11. The average Bonchev–Trinajstić information content (AvgIpc) is 2.29. The number of nitriles is 1. The summed E-state index contributed by atoms with van der Waals surface area (Å²) in [5.74, 6) is -0.293. The Balaban J connectivity index is 2.73. The van der Waals surface area contributed by atoms with Gasteiger partial charge in [-0.05, 0) is 25.1 Å². The predicted molar refractivity (Wildman–Crippen MR) is 61.3 cm³/mol. The summed E-state index contributed by atoms with van der Waals surface area (Å²) in [7, 11) is 0. The average molecular weight is 239 g/mol. The van der Waals surface area contributed by atoms with E-state index in [4.69, 9.17) is 21.6 Å². The molecule has 0 fully saturated rings. The zero-order valence-electron chi connectivity index (χ0n) is 8.79. The van der Waals surface area contributed by atoms with Gasteiger partial charge < -0.3 is 10.1 Å². The summed E-state index contributed by atoms with van der Waals surface area (Å²) in [6, 6.07) is 6.64. The normalized spacial score (nSPS) is 9.56. The number of nitrogens with one attached hydrogen (secondary N) is 1. The van der Waals surface area contributed by atoms with Crippen molar-refractivity contribution in [1.82, 2.24) is 0 Å². The van der Waals surface area contributed by atoms with Crippen LogP contribution in [0.15, 0.2) is 18.2 Å². The molecular weight excluding hydrogens is 228 g/mol. The molecule has 0 spiro atoms. The molecule has 0 aliphatic carbocycles. The van der Waals surface area contributed by atoms with Crippen LogP contribution in [0.3, 0.4) is 0 Å². The molecule has 84 valence electrons. The van der Waals surface area contributed by atoms with Gasteiger partial charge in [0, 0.05) is 6.61 Å². The smallest absolute Gasteiger partial charge is 0.250 e. The lowest BCUT2D eigenvalue weighted by molar-refractivity contribution is -0.120. The highest BCUT2D eigenvalue weighted by molar-refractivity contribution is 6.33. The standard InChI is InChI=1S/C11H11ClN2O2/c1-2-16-7-11(15)14-10-5-8(6-13)3-4-9(10)12/h3-5H,2,7H2,1H3,(H,14,15). The van der Waals surface area contributed by atoms with Gasteiger partial charge in [0.25, 0.3) is 0 Å². The van der Waals surface area contributed by atoms with E-state index in [1.54, 1.807) is 19.1 Å². The third kappa shape index (κ3) is 3.54. The van der Waals surface area contributed by atoms with Crippen molar-refractivity contribution in [1.29, 1.82) is 5.26 Å². The number of halogens is 1. The van der Waals surface area contributed by atoms with Crippen LogP contribution >= 0.6 is 11.6 Å². The van der Waals surface area contributed by atoms with Crippen LogP contribution in [0, 0.1) is 11.3 Å². The van der Waals surface area contributed by atoms with Crippen molar-refractivity contribution in [3.63, 3.8) is 0 Å². The third-order valence-electron chi connectivity index (χ3n) is 1.81. The predicted octanol–water partition coefficient (Wildman–Crippen LogP) is 2.19. The molecule has 0 aromatic heterocycles. The topological polar surface area (TPSA) is 62.1 Å². The van der Waals surface area contributed by atoms with Crippen molar-refractivity contribution in [2.45, 2.75) is 6.92 Å². The maximum absolute atomic E-state index is 11.3. The van der Waals surface area contributed by atoms with E-state index < -0.39 is 0 Å². The lowest BCUT2D eigenvalue weighted by atomic mass is 10.2. The number of ether oxygens (including phenoxy) is 1. The number of rotatable bonds is 4. The van der Waals surface area contributed by atoms with Gasteiger partial charge in [0.2, 0.25) is 5.91 Å². The fourth-order valence-corrected chi connectivity index (χ4v) is 1.24. The molecule has 0 radical (unpaired) electrons. The van der Waals surface area contributed by atoms with Crippen LogP contribution in [0.5, 0.6) is 0 Å². The van der Waals surface area contributed by atoms with Crippen LogP contribution in [0.25, 0.3) is 0 Å². The van der Waals surface area contributed by atoms with E-state index in [2.05, 4.69) is 5.32 Å². The van der Waals surface area contributed by atoms with E-state index >= 15 is 0 Å². The number of hydrogen-bond donors (Lipinski definition) is 1. The largest absolute Gasteiger partial charge is 0.372 e. The number of anilines is 1. The molecule has 0 unspecified atom stereocenters. The van der Waals surface area contributed by atoms with E-state index in [1.165, 1.54) is 6.07 Å². The third-order valence-corrected chi connectivity index (χ3v) is 2.14. The van der Waals surface area contributed by atoms with Crippen molar-refractivity contribution < 1.29 is 9.53 Å². The first-order valence-electron chi connectivity index (χ1n) is 4.74. The maximum atomic E-state index is 11.3. The lowest BCUT2D eigenvalue weighted by Crippen LogP contribution is -2.18. The van der Waals surface area contributed by atoms with Crippen LogP contribution in [0.1, 0.15) is 12.5 Å². The minimum absolute atomic E-state index is 0.0242. The second-order valence-corrected chi connectivity index (χ2v) is 3.40. The minimum Gasteiger partial charge on any atom is -0.372 e. The molecule has 0 aliphatic heterocycles. The molecular formula is C11H11ClN2O2. The van der Waals surface area contributed by atoms with E-state index in [0.717, 1.165) is 0 Å². The van der Waals surface area contributed by atoms with Crippen molar-refractivity contribution >= 4 is 23.2 Å². The summed E-state index contributed by atoms with van der Waals surface area (Å²) in [6.07, 6.45) is 0. The number of carbonyl (C=O) groups excluding carboxylic acids is 1. The first-order valence-corrected chi connectivity index (χ1v) is 5.12. The van der Waals surface area contributed by atoms with Crippen molar-refractivity contribution in [3.8, 4) is 6.07 Å². The SMILES string of the molecule is CCOCC(=O)Nc1cc(C#N)ccc1Cl. The van der Waals surface area contributed by atoms with Gasteiger partial charge in [-0.3, -0.25) is 4.79 Å². The lowest BCUT2D eigenvalue weighted by Gasteiger charge is -2.07. The molecule has 1 N–H and O–H groups in total. The number of nitrogens with zero attached hydrogens (tertiary/aromatic N) is 1. The molecule has 0 saturated heterocycles. The Morgan fingerprint density at radius 3 is 3.00 bits per heavy atom. The van der Waals surface area contributed by atoms with Gasteiger partial charge in [-0.15, -0.1) is 0 Å². The van der Waals surface area contributed by atoms with Gasteiger partial charge in [0.05, 0.1) is 22.3 Å². The Kier molecular flexibility index (Phi) is 4.77. The van der Waals surface area contributed by atoms with Crippen LogP contribution in [0.4, 0.5) is 5.69 Å². The first-order chi connectivity index (χ1) is 7.67. The van der Waals surface area contributed by atoms with Crippen molar-refractivity contribution in [2.24, 2.45) is 0 Å². The Labute approximate surface area is 98.8 Å². The van der Waals surface area contributed by atoms with Crippen LogP contribution in [-0.2, 0) is 9.53 Å². The Morgan fingerprint density at radius 1 is 1.62 bits per heavy atom. The summed E-state index contributed by atoms with van der Waals surface area (Å²) in [4.78, 5) is 11.3. The highest BCUT2D eigenvalue weighted by atomic mass is 35.5. The second-order valence-electron chi connectivity index (χ2n) is 2.99. The van der Waals surface area contributed by atoms with E-state index in [-0.39, 0.29) is 12.5 Å². The maximum Gasteiger partial charge on any atom is 0.250 e. The molecule has 4 nitrogen and oxygen atoms in total. The molecule has 0 aliphatic rings. The number of amides is 1. The van der Waals surface area contributed by atoms with Gasteiger partial charge in [-0.25, -0.2) is 0 Å². The van der Waals surface area contributed by atoms with Crippen LogP contribution in [0.2, 0.25) is 5.02 Å². The van der Waals surface area contributed by atoms with Gasteiger partial charge in [-0.2, -0.15) is 5.26 Å². The minimum atomic E-state index is -0.293. The summed E-state index contributed by atoms with van der Waals surface area (Å²) < 4.78 is 4.94. The Hall–Kier alpha value is -1.57. The molecule has 1 aromatic carbocycles. The molecule has 16 heavy (non-hydrogen) atoms. The van der Waals surface area contributed by atoms with Crippen LogP contribution < -0.4 is 5.32 Å². The zero-order valence-corrected chi connectivity index (χ0v) is 9.54. The Morgan fingerprint density at radius 2 is 2.38 bits per heavy atom. The summed E-state index contributed by atoms with van der Waals surface area (Å²) >= 11 is 5.87. The van der Waals surface area contributed by atoms with Gasteiger partial charge in [0.1, 0.15) is 6.61 Å². The highest BCUT2D eigenvalue weighted by Crippen LogP contribution is 2.22. The molecule has 0 saturated carbocycles. The van der Waals surface area contributed by atoms with Gasteiger partial charge >= 0.3 is 0 Å². The van der Waals surface area contributed by atoms with Crippen molar-refractivity contribution in [2.75, 3.05) is 18.5 Å². The zero-order chi connectivity index (χ0) is 12.0. The summed E-state index contributed by atoms with van der Waals surface area (Å²) in [6.45, 7) is 2.25. The fraction of sp³-hybridized carbons (Fsp3) is 0.273. The fourth-order valence-electron chi connectivity index (χ4n) is 1.07. The highest BCUT2D eigenvalue weighted by Gasteiger charge is 2.06. The first kappa shape index (κ1) is 12.5. The van der Waals surface area contributed by atoms with E-state index in [0.29, 0.717) is 22.9 Å². The number of benzene rings is 1. The van der Waals surface area contributed by atoms with Crippen molar-refractivity contribution in [3.05, 3.63) is 28.8 Å². The van der Waals surface area contributed by atoms with E-state index in [9.17, 15) is 4.79 Å².